The zero-order chi connectivity index (χ0) is 13.5. The molecule has 1 aromatic rings. The third-order valence-corrected chi connectivity index (χ3v) is 3.36. The van der Waals surface area contributed by atoms with Gasteiger partial charge in [-0.25, -0.2) is 0 Å². The summed E-state index contributed by atoms with van der Waals surface area (Å²) in [5, 5.41) is 6.86. The van der Waals surface area contributed by atoms with Crippen molar-refractivity contribution in [3.05, 3.63) is 29.3 Å². The van der Waals surface area contributed by atoms with Crippen LogP contribution in [0.3, 0.4) is 0 Å². The minimum atomic E-state index is -0.104. The lowest BCUT2D eigenvalue weighted by Gasteiger charge is -2.23. The number of carbonyl (C=O) groups excluding carboxylic acids is 1. The molecule has 0 aromatic heterocycles. The van der Waals surface area contributed by atoms with Gasteiger partial charge in [-0.05, 0) is 37.6 Å². The highest BCUT2D eigenvalue weighted by molar-refractivity contribution is 6.30. The van der Waals surface area contributed by atoms with E-state index in [0.29, 0.717) is 23.4 Å². The molecular formula is C14H19ClN2O2. The summed E-state index contributed by atoms with van der Waals surface area (Å²) in [5.41, 5.74) is 0. The number of hydrogen-bond acceptors (Lipinski definition) is 3. The molecule has 0 radical (unpaired) electrons. The number of nitrogens with one attached hydrogen (secondary N) is 2. The maximum absolute atomic E-state index is 11.6. The van der Waals surface area contributed by atoms with Gasteiger partial charge in [-0.15, -0.1) is 0 Å². The summed E-state index contributed by atoms with van der Waals surface area (Å²) in [4.78, 5) is 11.6. The average Bonchev–Trinajstić information content (AvgIpc) is 2.44. The molecule has 5 heteroatoms. The molecule has 0 saturated carbocycles. The minimum Gasteiger partial charge on any atom is -0.484 e. The van der Waals surface area contributed by atoms with E-state index in [1.165, 1.54) is 12.8 Å². The van der Waals surface area contributed by atoms with E-state index in [1.807, 2.05) is 0 Å². The maximum Gasteiger partial charge on any atom is 0.257 e. The molecule has 0 aliphatic carbocycles. The summed E-state index contributed by atoms with van der Waals surface area (Å²) in [6, 6.07) is 7.42. The van der Waals surface area contributed by atoms with Crippen LogP contribution in [-0.2, 0) is 4.79 Å². The summed E-state index contributed by atoms with van der Waals surface area (Å²) in [6.07, 6.45) is 3.57. The monoisotopic (exact) mass is 282 g/mol. The van der Waals surface area contributed by atoms with Crippen molar-refractivity contribution in [2.45, 2.75) is 25.3 Å². The Morgan fingerprint density at radius 1 is 1.47 bits per heavy atom. The first-order chi connectivity index (χ1) is 9.24. The van der Waals surface area contributed by atoms with Crippen molar-refractivity contribution in [3.8, 4) is 5.75 Å². The largest absolute Gasteiger partial charge is 0.484 e. The van der Waals surface area contributed by atoms with Gasteiger partial charge in [0.2, 0.25) is 0 Å². The molecule has 1 unspecified atom stereocenters. The second kappa shape index (κ2) is 7.36. The zero-order valence-corrected chi connectivity index (χ0v) is 11.6. The number of ether oxygens (including phenoxy) is 1. The van der Waals surface area contributed by atoms with Crippen LogP contribution >= 0.6 is 11.6 Å². The molecule has 2 N–H and O–H groups in total. The van der Waals surface area contributed by atoms with E-state index in [0.717, 1.165) is 13.0 Å². The molecular weight excluding hydrogens is 264 g/mol. The van der Waals surface area contributed by atoms with Gasteiger partial charge in [-0.2, -0.15) is 0 Å². The molecule has 104 valence electrons. The second-order valence-corrected chi connectivity index (χ2v) is 5.13. The molecule has 1 aliphatic heterocycles. The molecule has 1 aromatic carbocycles. The van der Waals surface area contributed by atoms with Gasteiger partial charge < -0.3 is 15.4 Å². The Labute approximate surface area is 118 Å². The summed E-state index contributed by atoms with van der Waals surface area (Å²) in [6.45, 7) is 1.73. The highest BCUT2D eigenvalue weighted by Gasteiger charge is 2.13. The van der Waals surface area contributed by atoms with Gasteiger partial charge in [-0.1, -0.05) is 24.1 Å². The number of amides is 1. The highest BCUT2D eigenvalue weighted by atomic mass is 35.5. The second-order valence-electron chi connectivity index (χ2n) is 4.70. The van der Waals surface area contributed by atoms with Crippen LogP contribution in [0.15, 0.2) is 24.3 Å². The van der Waals surface area contributed by atoms with Gasteiger partial charge in [0.1, 0.15) is 5.75 Å². The van der Waals surface area contributed by atoms with Gasteiger partial charge >= 0.3 is 0 Å². The summed E-state index contributed by atoms with van der Waals surface area (Å²) in [5.74, 6) is 0.505. The summed E-state index contributed by atoms with van der Waals surface area (Å²) >= 11 is 5.83. The molecule has 4 nitrogen and oxygen atoms in total. The Morgan fingerprint density at radius 2 is 2.37 bits per heavy atom. The lowest BCUT2D eigenvalue weighted by molar-refractivity contribution is -0.123. The first kappa shape index (κ1) is 14.2. The third-order valence-electron chi connectivity index (χ3n) is 3.12. The number of rotatable bonds is 5. The standard InChI is InChI=1S/C14H19ClN2O2/c15-11-4-3-6-13(8-11)19-10-14(18)17-9-12-5-1-2-7-16-12/h3-4,6,8,12,16H,1-2,5,7,9-10H2,(H,17,18). The van der Waals surface area contributed by atoms with Gasteiger partial charge in [-0.3, -0.25) is 4.79 Å². The van der Waals surface area contributed by atoms with Crippen molar-refractivity contribution in [2.75, 3.05) is 19.7 Å². The normalized spacial score (nSPS) is 18.9. The molecule has 1 fully saturated rings. The van der Waals surface area contributed by atoms with E-state index in [4.69, 9.17) is 16.3 Å². The molecule has 1 heterocycles. The highest BCUT2D eigenvalue weighted by Crippen LogP contribution is 2.16. The molecule has 2 rings (SSSR count). The Bertz CT molecular complexity index is 420. The van der Waals surface area contributed by atoms with Crippen molar-refractivity contribution in [2.24, 2.45) is 0 Å². The van der Waals surface area contributed by atoms with E-state index in [9.17, 15) is 4.79 Å². The maximum atomic E-state index is 11.6. The lowest BCUT2D eigenvalue weighted by atomic mass is 10.1. The fourth-order valence-electron chi connectivity index (χ4n) is 2.09. The third kappa shape index (κ3) is 5.09. The Kier molecular flexibility index (Phi) is 5.48. The van der Waals surface area contributed by atoms with E-state index in [1.54, 1.807) is 24.3 Å². The van der Waals surface area contributed by atoms with E-state index in [2.05, 4.69) is 10.6 Å². The van der Waals surface area contributed by atoms with Crippen molar-refractivity contribution < 1.29 is 9.53 Å². The first-order valence-corrected chi connectivity index (χ1v) is 7.00. The van der Waals surface area contributed by atoms with Crippen LogP contribution < -0.4 is 15.4 Å². The predicted molar refractivity (Wildman–Crippen MR) is 75.6 cm³/mol. The number of halogens is 1. The van der Waals surface area contributed by atoms with Crippen molar-refractivity contribution in [1.82, 2.24) is 10.6 Å². The number of carbonyl (C=O) groups is 1. The van der Waals surface area contributed by atoms with Crippen molar-refractivity contribution >= 4 is 17.5 Å². The molecule has 1 amide bonds. The Morgan fingerprint density at radius 3 is 3.11 bits per heavy atom. The molecule has 1 saturated heterocycles. The zero-order valence-electron chi connectivity index (χ0n) is 10.8. The summed E-state index contributed by atoms with van der Waals surface area (Å²) in [7, 11) is 0. The van der Waals surface area contributed by atoms with Crippen LogP contribution in [0, 0.1) is 0 Å². The van der Waals surface area contributed by atoms with E-state index in [-0.39, 0.29) is 12.5 Å². The fraction of sp³-hybridized carbons (Fsp3) is 0.500. The molecule has 1 atom stereocenters. The fourth-order valence-corrected chi connectivity index (χ4v) is 2.27. The van der Waals surface area contributed by atoms with Gasteiger partial charge in [0.05, 0.1) is 0 Å². The smallest absolute Gasteiger partial charge is 0.257 e. The quantitative estimate of drug-likeness (QED) is 0.868. The molecule has 0 bridgehead atoms. The van der Waals surface area contributed by atoms with Crippen LogP contribution in [0.2, 0.25) is 5.02 Å². The number of hydrogen-bond donors (Lipinski definition) is 2. The SMILES string of the molecule is O=C(COc1cccc(Cl)c1)NCC1CCCCN1. The number of benzene rings is 1. The van der Waals surface area contributed by atoms with E-state index >= 15 is 0 Å². The molecule has 19 heavy (non-hydrogen) atoms. The molecule has 0 spiro atoms. The van der Waals surface area contributed by atoms with Crippen LogP contribution in [0.1, 0.15) is 19.3 Å². The minimum absolute atomic E-state index is 0.0209. The number of piperidine rings is 1. The van der Waals surface area contributed by atoms with Crippen LogP contribution in [-0.4, -0.2) is 31.6 Å². The first-order valence-electron chi connectivity index (χ1n) is 6.62. The van der Waals surface area contributed by atoms with Crippen molar-refractivity contribution in [3.63, 3.8) is 0 Å². The van der Waals surface area contributed by atoms with Crippen LogP contribution in [0.25, 0.3) is 0 Å². The Balaban J connectivity index is 1.66. The average molecular weight is 283 g/mol. The van der Waals surface area contributed by atoms with Gasteiger partial charge in [0, 0.05) is 17.6 Å². The van der Waals surface area contributed by atoms with Crippen molar-refractivity contribution in [1.29, 1.82) is 0 Å². The predicted octanol–water partition coefficient (Wildman–Crippen LogP) is 1.98. The molecule has 1 aliphatic rings. The topological polar surface area (TPSA) is 50.4 Å². The van der Waals surface area contributed by atoms with E-state index < -0.39 is 0 Å². The van der Waals surface area contributed by atoms with Gasteiger partial charge in [0.25, 0.3) is 5.91 Å². The Hall–Kier alpha value is -1.26. The lowest BCUT2D eigenvalue weighted by Crippen LogP contribution is -2.44. The van der Waals surface area contributed by atoms with Gasteiger partial charge in [0.15, 0.2) is 6.61 Å². The van der Waals surface area contributed by atoms with Crippen LogP contribution in [0.4, 0.5) is 0 Å². The summed E-state index contributed by atoms with van der Waals surface area (Å²) < 4.78 is 5.37. The van der Waals surface area contributed by atoms with Crippen LogP contribution in [0.5, 0.6) is 5.75 Å².